The quantitative estimate of drug-likeness (QED) is 0.582. The molecule has 0 amide bonds. The zero-order valence-electron chi connectivity index (χ0n) is 13.4. The Hall–Kier alpha value is -1.63. The summed E-state index contributed by atoms with van der Waals surface area (Å²) in [6.45, 7) is 2.06. The van der Waals surface area contributed by atoms with Gasteiger partial charge >= 0.3 is 0 Å². The Balaban J connectivity index is 2.53. The largest absolute Gasteiger partial charge is 0.383 e. The van der Waals surface area contributed by atoms with Crippen LogP contribution in [0, 0.1) is 0 Å². The van der Waals surface area contributed by atoms with Gasteiger partial charge in [-0.1, -0.05) is 53.9 Å². The maximum atomic E-state index is 12.5. The van der Waals surface area contributed by atoms with Crippen LogP contribution < -0.4 is 0 Å². The fourth-order valence-corrected chi connectivity index (χ4v) is 2.34. The lowest BCUT2D eigenvalue weighted by Gasteiger charge is -2.15. The van der Waals surface area contributed by atoms with Gasteiger partial charge in [-0.2, -0.15) is 4.68 Å². The van der Waals surface area contributed by atoms with Gasteiger partial charge in [0.15, 0.2) is 5.82 Å². The highest BCUT2D eigenvalue weighted by Crippen LogP contribution is 2.33. The van der Waals surface area contributed by atoms with Crippen LogP contribution in [0.2, 0.25) is 0 Å². The third-order valence-corrected chi connectivity index (χ3v) is 3.70. The van der Waals surface area contributed by atoms with E-state index in [0.29, 0.717) is 5.69 Å². The van der Waals surface area contributed by atoms with Crippen LogP contribution in [-0.4, -0.2) is 48.8 Å². The molecule has 1 aromatic heterocycles. The van der Waals surface area contributed by atoms with E-state index in [0.717, 1.165) is 6.42 Å². The minimum Gasteiger partial charge on any atom is -0.383 e. The fraction of sp³-hybridized carbons (Fsp3) is 0.333. The van der Waals surface area contributed by atoms with Gasteiger partial charge in [-0.15, -0.1) is 5.10 Å². The molecule has 1 aromatic carbocycles. The average molecular weight is 389 g/mol. The smallest absolute Gasteiger partial charge is 0.253 e. The number of carbonyl (C=O) groups excluding carboxylic acids is 1. The van der Waals surface area contributed by atoms with E-state index in [1.807, 2.05) is 24.3 Å². The van der Waals surface area contributed by atoms with Gasteiger partial charge in [0.2, 0.25) is 5.78 Å². The molecule has 0 fully saturated rings. The van der Waals surface area contributed by atoms with E-state index in [9.17, 15) is 4.79 Å². The van der Waals surface area contributed by atoms with Gasteiger partial charge in [-0.05, 0) is 34.5 Å². The second-order valence-electron chi connectivity index (χ2n) is 5.27. The highest BCUT2D eigenvalue weighted by molar-refractivity contribution is 6.79. The zero-order valence-corrected chi connectivity index (χ0v) is 15.6. The summed E-state index contributed by atoms with van der Waals surface area (Å²) in [7, 11) is 3.49. The summed E-state index contributed by atoms with van der Waals surface area (Å²) in [4.78, 5) is 14.1. The number of rotatable bonds is 5. The number of nitrogens with zero attached hydrogens (tertiary/aromatic N) is 5. The number of hydrogen-bond donors (Lipinski definition) is 0. The van der Waals surface area contributed by atoms with Gasteiger partial charge in [0.25, 0.3) is 3.79 Å². The monoisotopic (exact) mass is 387 g/mol. The maximum Gasteiger partial charge on any atom is 0.253 e. The number of ketones is 1. The number of alkyl halides is 3. The molecule has 0 saturated carbocycles. The van der Waals surface area contributed by atoms with Crippen molar-refractivity contribution in [2.24, 2.45) is 0 Å². The number of aromatic nitrogens is 4. The van der Waals surface area contributed by atoms with Crippen molar-refractivity contribution in [1.82, 2.24) is 25.1 Å². The van der Waals surface area contributed by atoms with Crippen LogP contribution >= 0.6 is 34.8 Å². The molecule has 9 heteroatoms. The summed E-state index contributed by atoms with van der Waals surface area (Å²) in [5.74, 6) is -0.508. The van der Waals surface area contributed by atoms with Gasteiger partial charge in [0.1, 0.15) is 0 Å². The number of carbonyl (C=O) groups is 1. The highest BCUT2D eigenvalue weighted by atomic mass is 35.6. The molecule has 0 aliphatic carbocycles. The van der Waals surface area contributed by atoms with Gasteiger partial charge in [0.05, 0.1) is 11.3 Å². The fourth-order valence-electron chi connectivity index (χ4n) is 2.03. The van der Waals surface area contributed by atoms with Gasteiger partial charge in [-0.3, -0.25) is 4.79 Å². The Morgan fingerprint density at radius 2 is 1.88 bits per heavy atom. The summed E-state index contributed by atoms with van der Waals surface area (Å²) in [6, 6.07) is 7.66. The number of halogens is 3. The summed E-state index contributed by atoms with van der Waals surface area (Å²) in [5, 5.41) is 11.5. The SMILES string of the molecule is CCc1ccc(-n2nnnc2/C(=C/N(C)C)C(=O)C(Cl)(Cl)Cl)cc1. The van der Waals surface area contributed by atoms with Crippen LogP contribution in [0.3, 0.4) is 0 Å². The lowest BCUT2D eigenvalue weighted by molar-refractivity contribution is -0.113. The summed E-state index contributed by atoms with van der Waals surface area (Å²) < 4.78 is -0.673. The van der Waals surface area contributed by atoms with Crippen molar-refractivity contribution in [2.45, 2.75) is 17.1 Å². The Morgan fingerprint density at radius 1 is 1.25 bits per heavy atom. The highest BCUT2D eigenvalue weighted by Gasteiger charge is 2.36. The number of Topliss-reactive ketones (excluding diaryl/α,β-unsaturated/α-hetero) is 1. The maximum absolute atomic E-state index is 12.5. The number of benzene rings is 1. The lowest BCUT2D eigenvalue weighted by atomic mass is 10.1. The van der Waals surface area contributed by atoms with Gasteiger partial charge < -0.3 is 4.90 Å². The average Bonchev–Trinajstić information content (AvgIpc) is 3.00. The van der Waals surface area contributed by atoms with Crippen molar-refractivity contribution in [3.8, 4) is 5.69 Å². The molecule has 6 nitrogen and oxygen atoms in total. The molecular weight excluding hydrogens is 373 g/mol. The van der Waals surface area contributed by atoms with Crippen molar-refractivity contribution in [1.29, 1.82) is 0 Å². The predicted molar refractivity (Wildman–Crippen MR) is 95.5 cm³/mol. The third-order valence-electron chi connectivity index (χ3n) is 3.19. The first kappa shape index (κ1) is 18.7. The molecule has 1 heterocycles. The first-order chi connectivity index (χ1) is 11.2. The third kappa shape index (κ3) is 4.26. The van der Waals surface area contributed by atoms with Crippen LogP contribution in [-0.2, 0) is 11.2 Å². The van der Waals surface area contributed by atoms with Crippen LogP contribution in [0.4, 0.5) is 0 Å². The van der Waals surface area contributed by atoms with Crippen LogP contribution in [0.25, 0.3) is 11.3 Å². The molecular formula is C15H16Cl3N5O. The van der Waals surface area contributed by atoms with Gasteiger partial charge in [-0.25, -0.2) is 0 Å². The number of hydrogen-bond acceptors (Lipinski definition) is 5. The van der Waals surface area contributed by atoms with Crippen molar-refractivity contribution in [2.75, 3.05) is 14.1 Å². The number of aryl methyl sites for hydroxylation is 1. The molecule has 0 N–H and O–H groups in total. The first-order valence-corrected chi connectivity index (χ1v) is 8.25. The van der Waals surface area contributed by atoms with E-state index in [1.165, 1.54) is 16.4 Å². The second-order valence-corrected chi connectivity index (χ2v) is 7.55. The minimum absolute atomic E-state index is 0.101. The zero-order chi connectivity index (χ0) is 17.9. The van der Waals surface area contributed by atoms with E-state index >= 15 is 0 Å². The minimum atomic E-state index is -2.11. The topological polar surface area (TPSA) is 63.9 Å². The standard InChI is InChI=1S/C15H16Cl3N5O/c1-4-10-5-7-11(8-6-10)23-14(19-20-21-23)12(9-22(2)3)13(24)15(16,17)18/h5-9H,4H2,1-3H3/b12-9+. The second kappa shape index (κ2) is 7.51. The van der Waals surface area contributed by atoms with Crippen LogP contribution in [0.1, 0.15) is 18.3 Å². The van der Waals surface area contributed by atoms with Gasteiger partial charge in [0, 0.05) is 20.3 Å². The van der Waals surface area contributed by atoms with Crippen LogP contribution in [0.15, 0.2) is 30.5 Å². The summed E-state index contributed by atoms with van der Waals surface area (Å²) >= 11 is 17.3. The normalized spacial score (nSPS) is 12.3. The summed E-state index contributed by atoms with van der Waals surface area (Å²) in [5.41, 5.74) is 1.98. The Labute approximate surface area is 155 Å². The molecule has 0 atom stereocenters. The van der Waals surface area contributed by atoms with Crippen LogP contribution in [0.5, 0.6) is 0 Å². The Morgan fingerprint density at radius 3 is 2.38 bits per heavy atom. The lowest BCUT2D eigenvalue weighted by Crippen LogP contribution is -2.23. The Bertz CT molecular complexity index is 747. The van der Waals surface area contributed by atoms with E-state index in [2.05, 4.69) is 22.4 Å². The number of tetrazole rings is 1. The van der Waals surface area contributed by atoms with E-state index in [-0.39, 0.29) is 11.4 Å². The molecule has 0 spiro atoms. The molecule has 0 unspecified atom stereocenters. The molecule has 0 radical (unpaired) electrons. The molecule has 0 aliphatic rings. The molecule has 0 saturated heterocycles. The van der Waals surface area contributed by atoms with Crippen molar-refractivity contribution in [3.63, 3.8) is 0 Å². The summed E-state index contributed by atoms with van der Waals surface area (Å²) in [6.07, 6.45) is 2.44. The van der Waals surface area contributed by atoms with Crippen molar-refractivity contribution >= 4 is 46.2 Å². The Kier molecular flexibility index (Phi) is 5.85. The van der Waals surface area contributed by atoms with E-state index in [1.54, 1.807) is 19.0 Å². The predicted octanol–water partition coefficient (Wildman–Crippen LogP) is 3.07. The molecule has 128 valence electrons. The van der Waals surface area contributed by atoms with E-state index in [4.69, 9.17) is 34.8 Å². The molecule has 2 aromatic rings. The van der Waals surface area contributed by atoms with Crippen molar-refractivity contribution < 1.29 is 4.79 Å². The first-order valence-electron chi connectivity index (χ1n) is 7.12. The molecule has 0 aliphatic heterocycles. The molecule has 2 rings (SSSR count). The van der Waals surface area contributed by atoms with E-state index < -0.39 is 9.58 Å². The van der Waals surface area contributed by atoms with Crippen molar-refractivity contribution in [3.05, 3.63) is 41.9 Å². The molecule has 24 heavy (non-hydrogen) atoms. The molecule has 0 bridgehead atoms. The number of allylic oxidation sites excluding steroid dienone is 1.